The van der Waals surface area contributed by atoms with Crippen molar-refractivity contribution in [2.75, 3.05) is 0 Å². The van der Waals surface area contributed by atoms with Gasteiger partial charge in [-0.15, -0.1) is 24.8 Å². The summed E-state index contributed by atoms with van der Waals surface area (Å²) >= 11 is 0. The Labute approximate surface area is 192 Å². The van der Waals surface area contributed by atoms with Crippen molar-refractivity contribution in [3.63, 3.8) is 0 Å². The van der Waals surface area contributed by atoms with E-state index in [1.807, 2.05) is 72.8 Å². The molecule has 0 nitrogen and oxygen atoms in total. The van der Waals surface area contributed by atoms with Crippen LogP contribution in [0.2, 0.25) is 0 Å². The van der Waals surface area contributed by atoms with Crippen LogP contribution in [-0.4, -0.2) is 0 Å². The van der Waals surface area contributed by atoms with Gasteiger partial charge in [-0.05, 0) is 22.3 Å². The molecule has 152 valence electrons. The zero-order valence-corrected chi connectivity index (χ0v) is 18.3. The van der Waals surface area contributed by atoms with Gasteiger partial charge in [0.2, 0.25) is 0 Å². The Hall–Kier alpha value is -3.06. The second kappa shape index (κ2) is 14.9. The molecule has 0 heterocycles. The molecule has 0 unspecified atom stereocenters. The Balaban J connectivity index is 0.000000281. The molecule has 0 saturated carbocycles. The molecule has 4 rings (SSSR count). The van der Waals surface area contributed by atoms with E-state index in [0.29, 0.717) is 0 Å². The maximum atomic E-state index is 2.12. The molecule has 4 aromatic carbocycles. The highest BCUT2D eigenvalue weighted by Gasteiger charge is 1.85. The SMILES string of the molecule is C(=C\c1ccccc1)/c1ccccc1.C(=C\c1ccccc1)/c1ccccc1.Cl.Cl. The van der Waals surface area contributed by atoms with Gasteiger partial charge in [-0.3, -0.25) is 0 Å². The van der Waals surface area contributed by atoms with Crippen molar-refractivity contribution in [3.8, 4) is 0 Å². The number of hydrogen-bond donors (Lipinski definition) is 0. The van der Waals surface area contributed by atoms with Crippen LogP contribution in [-0.2, 0) is 0 Å². The third-order valence-corrected chi connectivity index (χ3v) is 4.13. The minimum absolute atomic E-state index is 0. The van der Waals surface area contributed by atoms with Crippen molar-refractivity contribution < 1.29 is 0 Å². The average molecular weight is 433 g/mol. The Morgan fingerprint density at radius 3 is 0.600 bits per heavy atom. The van der Waals surface area contributed by atoms with Gasteiger partial charge in [-0.25, -0.2) is 0 Å². The smallest absolute Gasteiger partial charge is 0.0256 e. The molecule has 4 aromatic rings. The first-order valence-corrected chi connectivity index (χ1v) is 9.46. The highest BCUT2D eigenvalue weighted by atomic mass is 35.5. The van der Waals surface area contributed by atoms with Gasteiger partial charge in [0.15, 0.2) is 0 Å². The molecule has 0 radical (unpaired) electrons. The molecule has 0 amide bonds. The van der Waals surface area contributed by atoms with Gasteiger partial charge in [0.05, 0.1) is 0 Å². The lowest BCUT2D eigenvalue weighted by Gasteiger charge is -1.92. The summed E-state index contributed by atoms with van der Waals surface area (Å²) in [5.41, 5.74) is 4.93. The van der Waals surface area contributed by atoms with Crippen LogP contribution in [0.4, 0.5) is 0 Å². The number of halogens is 2. The van der Waals surface area contributed by atoms with Crippen molar-refractivity contribution in [1.29, 1.82) is 0 Å². The zero-order chi connectivity index (χ0) is 19.3. The van der Waals surface area contributed by atoms with E-state index >= 15 is 0 Å². The minimum Gasteiger partial charge on any atom is -0.147 e. The van der Waals surface area contributed by atoms with Crippen LogP contribution in [0.25, 0.3) is 24.3 Å². The lowest BCUT2D eigenvalue weighted by Crippen LogP contribution is -1.70. The first kappa shape index (κ1) is 25.0. The molecule has 0 fully saturated rings. The maximum absolute atomic E-state index is 2.12. The second-order valence-electron chi connectivity index (χ2n) is 6.31. The van der Waals surface area contributed by atoms with Gasteiger partial charge in [0.1, 0.15) is 0 Å². The van der Waals surface area contributed by atoms with E-state index in [9.17, 15) is 0 Å². The molecule has 0 aliphatic rings. The maximum Gasteiger partial charge on any atom is -0.0256 e. The molecular weight excluding hydrogens is 407 g/mol. The number of benzene rings is 4. The summed E-state index contributed by atoms with van der Waals surface area (Å²) in [6.45, 7) is 0. The van der Waals surface area contributed by atoms with E-state index in [0.717, 1.165) is 0 Å². The Bertz CT molecular complexity index is 810. The van der Waals surface area contributed by atoms with E-state index in [2.05, 4.69) is 72.8 Å². The van der Waals surface area contributed by atoms with Crippen LogP contribution < -0.4 is 0 Å². The summed E-state index contributed by atoms with van der Waals surface area (Å²) in [7, 11) is 0. The molecular formula is C28H26Cl2. The first-order chi connectivity index (χ1) is 13.9. The third-order valence-electron chi connectivity index (χ3n) is 4.13. The Morgan fingerprint density at radius 1 is 0.267 bits per heavy atom. The molecule has 0 bridgehead atoms. The molecule has 0 atom stereocenters. The summed E-state index contributed by atoms with van der Waals surface area (Å²) in [5.74, 6) is 0. The van der Waals surface area contributed by atoms with Gasteiger partial charge in [0.25, 0.3) is 0 Å². The van der Waals surface area contributed by atoms with Crippen molar-refractivity contribution in [1.82, 2.24) is 0 Å². The lowest BCUT2D eigenvalue weighted by atomic mass is 10.1. The molecule has 0 aliphatic carbocycles. The Morgan fingerprint density at radius 2 is 0.433 bits per heavy atom. The average Bonchev–Trinajstić information content (AvgIpc) is 2.80. The van der Waals surface area contributed by atoms with E-state index in [1.165, 1.54) is 22.3 Å². The lowest BCUT2D eigenvalue weighted by molar-refractivity contribution is 1.65. The second-order valence-corrected chi connectivity index (χ2v) is 6.31. The number of hydrogen-bond acceptors (Lipinski definition) is 0. The normalized spacial score (nSPS) is 9.87. The summed E-state index contributed by atoms with van der Waals surface area (Å²) in [5, 5.41) is 0. The molecule has 0 spiro atoms. The van der Waals surface area contributed by atoms with Crippen molar-refractivity contribution in [3.05, 3.63) is 144 Å². The van der Waals surface area contributed by atoms with Gasteiger partial charge >= 0.3 is 0 Å². The summed E-state index contributed by atoms with van der Waals surface area (Å²) in [6, 6.07) is 41.3. The number of rotatable bonds is 4. The predicted molar refractivity (Wildman–Crippen MR) is 138 cm³/mol. The van der Waals surface area contributed by atoms with Crippen LogP contribution in [0.15, 0.2) is 121 Å². The molecule has 30 heavy (non-hydrogen) atoms. The van der Waals surface area contributed by atoms with E-state index < -0.39 is 0 Å². The fourth-order valence-electron chi connectivity index (χ4n) is 2.64. The van der Waals surface area contributed by atoms with Crippen LogP contribution in [0.1, 0.15) is 22.3 Å². The van der Waals surface area contributed by atoms with Crippen molar-refractivity contribution >= 4 is 49.1 Å². The van der Waals surface area contributed by atoms with E-state index in [4.69, 9.17) is 0 Å². The Kier molecular flexibility index (Phi) is 12.4. The van der Waals surface area contributed by atoms with Crippen molar-refractivity contribution in [2.24, 2.45) is 0 Å². The molecule has 0 saturated heterocycles. The van der Waals surface area contributed by atoms with Gasteiger partial charge in [0, 0.05) is 0 Å². The molecule has 0 N–H and O–H groups in total. The fourth-order valence-corrected chi connectivity index (χ4v) is 2.64. The fraction of sp³-hybridized carbons (Fsp3) is 0. The predicted octanol–water partition coefficient (Wildman–Crippen LogP) is 8.56. The standard InChI is InChI=1S/2C14H12.2ClH/c2*1-3-7-13(8-4-1)11-12-14-9-5-2-6-10-14;;/h2*1-12H;2*1H/b2*12-11+;;. The van der Waals surface area contributed by atoms with Crippen LogP contribution in [0, 0.1) is 0 Å². The molecule has 0 aromatic heterocycles. The summed E-state index contributed by atoms with van der Waals surface area (Å²) in [4.78, 5) is 0. The summed E-state index contributed by atoms with van der Waals surface area (Å²) < 4.78 is 0. The van der Waals surface area contributed by atoms with E-state index in [-0.39, 0.29) is 24.8 Å². The van der Waals surface area contributed by atoms with Crippen LogP contribution >= 0.6 is 24.8 Å². The molecule has 2 heteroatoms. The van der Waals surface area contributed by atoms with Crippen molar-refractivity contribution in [2.45, 2.75) is 0 Å². The van der Waals surface area contributed by atoms with E-state index in [1.54, 1.807) is 0 Å². The minimum atomic E-state index is 0. The highest BCUT2D eigenvalue weighted by Crippen LogP contribution is 2.08. The quantitative estimate of drug-likeness (QED) is 0.283. The van der Waals surface area contributed by atoms with Gasteiger partial charge < -0.3 is 0 Å². The first-order valence-electron chi connectivity index (χ1n) is 9.46. The zero-order valence-electron chi connectivity index (χ0n) is 16.7. The highest BCUT2D eigenvalue weighted by molar-refractivity contribution is 5.85. The van der Waals surface area contributed by atoms with Gasteiger partial charge in [-0.1, -0.05) is 146 Å². The van der Waals surface area contributed by atoms with Crippen LogP contribution in [0.3, 0.4) is 0 Å². The largest absolute Gasteiger partial charge is 0.147 e. The molecule has 0 aliphatic heterocycles. The van der Waals surface area contributed by atoms with Crippen LogP contribution in [0.5, 0.6) is 0 Å². The summed E-state index contributed by atoms with van der Waals surface area (Å²) in [6.07, 6.45) is 8.48. The third kappa shape index (κ3) is 9.43. The monoisotopic (exact) mass is 432 g/mol. The topological polar surface area (TPSA) is 0 Å². The van der Waals surface area contributed by atoms with Gasteiger partial charge in [-0.2, -0.15) is 0 Å².